The first-order valence-electron chi connectivity index (χ1n) is 4.89. The summed E-state index contributed by atoms with van der Waals surface area (Å²) in [4.78, 5) is 0. The van der Waals surface area contributed by atoms with Crippen LogP contribution in [0.2, 0.25) is 0 Å². The van der Waals surface area contributed by atoms with E-state index in [1.54, 1.807) is 0 Å². The zero-order valence-electron chi connectivity index (χ0n) is 8.21. The summed E-state index contributed by atoms with van der Waals surface area (Å²) >= 11 is 0. The minimum absolute atomic E-state index is 0.498. The van der Waals surface area contributed by atoms with Crippen molar-refractivity contribution in [1.82, 2.24) is 5.16 Å². The van der Waals surface area contributed by atoms with Gasteiger partial charge in [0.25, 0.3) is 0 Å². The van der Waals surface area contributed by atoms with Gasteiger partial charge in [-0.05, 0) is 18.8 Å². The Kier molecular flexibility index (Phi) is 2.12. The van der Waals surface area contributed by atoms with Gasteiger partial charge in [0.05, 0.1) is 0 Å². The van der Waals surface area contributed by atoms with Crippen LogP contribution in [0.1, 0.15) is 43.2 Å². The van der Waals surface area contributed by atoms with Gasteiger partial charge in [0.15, 0.2) is 0 Å². The maximum absolute atomic E-state index is 5.59. The van der Waals surface area contributed by atoms with Gasteiger partial charge in [-0.1, -0.05) is 19.0 Å². The van der Waals surface area contributed by atoms with E-state index in [1.165, 1.54) is 12.0 Å². The zero-order valence-corrected chi connectivity index (χ0v) is 8.21. The number of hydrogen-bond donors (Lipinski definition) is 1. The second kappa shape index (κ2) is 3.14. The lowest BCUT2D eigenvalue weighted by Crippen LogP contribution is -2.15. The van der Waals surface area contributed by atoms with Gasteiger partial charge in [-0.15, -0.1) is 0 Å². The van der Waals surface area contributed by atoms with Gasteiger partial charge in [0.1, 0.15) is 11.5 Å². The predicted octanol–water partition coefficient (Wildman–Crippen LogP) is 1.82. The maximum atomic E-state index is 5.59. The highest BCUT2D eigenvalue weighted by Crippen LogP contribution is 2.35. The molecule has 3 heteroatoms. The van der Waals surface area contributed by atoms with Crippen LogP contribution in [-0.4, -0.2) is 5.16 Å². The predicted molar refractivity (Wildman–Crippen MR) is 50.3 cm³/mol. The number of aromatic nitrogens is 1. The zero-order chi connectivity index (χ0) is 9.42. The van der Waals surface area contributed by atoms with Crippen LogP contribution in [0.25, 0.3) is 0 Å². The lowest BCUT2D eigenvalue weighted by atomic mass is 9.82. The molecule has 2 unspecified atom stereocenters. The lowest BCUT2D eigenvalue weighted by molar-refractivity contribution is 0.324. The second-order valence-electron chi connectivity index (χ2n) is 4.12. The van der Waals surface area contributed by atoms with Crippen molar-refractivity contribution in [3.05, 3.63) is 17.0 Å². The molecule has 1 aromatic rings. The summed E-state index contributed by atoms with van der Waals surface area (Å²) < 4.78 is 5.31. The van der Waals surface area contributed by atoms with E-state index in [2.05, 4.69) is 19.0 Å². The van der Waals surface area contributed by atoms with Crippen molar-refractivity contribution in [2.75, 3.05) is 0 Å². The fourth-order valence-corrected chi connectivity index (χ4v) is 2.27. The van der Waals surface area contributed by atoms with Crippen molar-refractivity contribution in [2.45, 2.75) is 39.2 Å². The molecule has 2 N–H and O–H groups in total. The Balaban J connectivity index is 2.40. The fourth-order valence-electron chi connectivity index (χ4n) is 2.27. The summed E-state index contributed by atoms with van der Waals surface area (Å²) in [7, 11) is 0. The topological polar surface area (TPSA) is 52.0 Å². The van der Waals surface area contributed by atoms with Crippen molar-refractivity contribution in [2.24, 2.45) is 11.7 Å². The van der Waals surface area contributed by atoms with Crippen molar-refractivity contribution in [3.8, 4) is 0 Å². The normalized spacial score (nSPS) is 27.3. The molecule has 72 valence electrons. The fraction of sp³-hybridized carbons (Fsp3) is 0.700. The van der Waals surface area contributed by atoms with E-state index in [4.69, 9.17) is 10.3 Å². The SMILES string of the molecule is CC1Cc2c(CN)noc2C(C)C1. The van der Waals surface area contributed by atoms with Gasteiger partial charge in [0.2, 0.25) is 0 Å². The number of hydrogen-bond acceptors (Lipinski definition) is 3. The average molecular weight is 180 g/mol. The minimum atomic E-state index is 0.498. The average Bonchev–Trinajstić information content (AvgIpc) is 2.47. The smallest absolute Gasteiger partial charge is 0.143 e. The molecule has 0 aromatic carbocycles. The van der Waals surface area contributed by atoms with Crippen molar-refractivity contribution in [3.63, 3.8) is 0 Å². The third-order valence-electron chi connectivity index (χ3n) is 2.85. The molecular weight excluding hydrogens is 164 g/mol. The molecule has 1 aromatic heterocycles. The van der Waals surface area contributed by atoms with E-state index in [-0.39, 0.29) is 0 Å². The summed E-state index contributed by atoms with van der Waals surface area (Å²) in [6.07, 6.45) is 2.28. The van der Waals surface area contributed by atoms with Crippen molar-refractivity contribution >= 4 is 0 Å². The Morgan fingerprint density at radius 2 is 2.31 bits per heavy atom. The molecule has 0 saturated carbocycles. The highest BCUT2D eigenvalue weighted by molar-refractivity contribution is 5.28. The molecule has 3 nitrogen and oxygen atoms in total. The van der Waals surface area contributed by atoms with Gasteiger partial charge in [-0.3, -0.25) is 0 Å². The highest BCUT2D eigenvalue weighted by Gasteiger charge is 2.27. The Labute approximate surface area is 78.3 Å². The van der Waals surface area contributed by atoms with E-state index in [9.17, 15) is 0 Å². The Bertz CT molecular complexity index is 306. The molecule has 0 spiro atoms. The van der Waals surface area contributed by atoms with Gasteiger partial charge >= 0.3 is 0 Å². The third-order valence-corrected chi connectivity index (χ3v) is 2.85. The van der Waals surface area contributed by atoms with Crippen LogP contribution in [0, 0.1) is 5.92 Å². The van der Waals surface area contributed by atoms with Gasteiger partial charge < -0.3 is 10.3 Å². The first kappa shape index (κ1) is 8.75. The van der Waals surface area contributed by atoms with E-state index < -0.39 is 0 Å². The second-order valence-corrected chi connectivity index (χ2v) is 4.12. The number of rotatable bonds is 1. The van der Waals surface area contributed by atoms with E-state index >= 15 is 0 Å². The largest absolute Gasteiger partial charge is 0.361 e. The van der Waals surface area contributed by atoms with Crippen LogP contribution in [0.15, 0.2) is 4.52 Å². The molecule has 1 aliphatic rings. The molecule has 0 saturated heterocycles. The summed E-state index contributed by atoms with van der Waals surface area (Å²) in [5, 5.41) is 4.00. The molecule has 0 fully saturated rings. The maximum Gasteiger partial charge on any atom is 0.143 e. The minimum Gasteiger partial charge on any atom is -0.361 e. The van der Waals surface area contributed by atoms with Crippen molar-refractivity contribution < 1.29 is 4.52 Å². The quantitative estimate of drug-likeness (QED) is 0.717. The van der Waals surface area contributed by atoms with Crippen molar-refractivity contribution in [1.29, 1.82) is 0 Å². The van der Waals surface area contributed by atoms with Gasteiger partial charge in [0, 0.05) is 18.0 Å². The molecule has 2 atom stereocenters. The highest BCUT2D eigenvalue weighted by atomic mass is 16.5. The number of fused-ring (bicyclic) bond motifs is 1. The van der Waals surface area contributed by atoms with Crippen LogP contribution >= 0.6 is 0 Å². The third kappa shape index (κ3) is 1.37. The first-order chi connectivity index (χ1) is 6.22. The molecule has 1 aliphatic carbocycles. The molecule has 13 heavy (non-hydrogen) atoms. The van der Waals surface area contributed by atoms with E-state index in [0.29, 0.717) is 12.5 Å². The Morgan fingerprint density at radius 3 is 3.00 bits per heavy atom. The standard InChI is InChI=1S/C10H16N2O/c1-6-3-7(2)10-8(4-6)9(5-11)12-13-10/h6-7H,3-5,11H2,1-2H3. The van der Waals surface area contributed by atoms with Crippen LogP contribution < -0.4 is 5.73 Å². The van der Waals surface area contributed by atoms with Crippen LogP contribution in [0.3, 0.4) is 0 Å². The van der Waals surface area contributed by atoms with Crippen LogP contribution in [0.4, 0.5) is 0 Å². The lowest BCUT2D eigenvalue weighted by Gasteiger charge is -2.22. The summed E-state index contributed by atoms with van der Waals surface area (Å²) in [6, 6.07) is 0. The summed E-state index contributed by atoms with van der Waals surface area (Å²) in [6.45, 7) is 4.96. The Morgan fingerprint density at radius 1 is 1.54 bits per heavy atom. The molecular formula is C10H16N2O. The Hall–Kier alpha value is -0.830. The molecule has 1 heterocycles. The molecule has 2 rings (SSSR count). The first-order valence-corrected chi connectivity index (χ1v) is 4.89. The molecule has 0 radical (unpaired) electrons. The van der Waals surface area contributed by atoms with Gasteiger partial charge in [-0.25, -0.2) is 0 Å². The van der Waals surface area contributed by atoms with E-state index in [0.717, 1.165) is 23.8 Å². The summed E-state index contributed by atoms with van der Waals surface area (Å²) in [5.41, 5.74) is 7.81. The number of nitrogens with two attached hydrogens (primary N) is 1. The number of nitrogens with zero attached hydrogens (tertiary/aromatic N) is 1. The van der Waals surface area contributed by atoms with Gasteiger partial charge in [-0.2, -0.15) is 0 Å². The molecule has 0 amide bonds. The van der Waals surface area contributed by atoms with Crippen LogP contribution in [-0.2, 0) is 13.0 Å². The van der Waals surface area contributed by atoms with Crippen LogP contribution in [0.5, 0.6) is 0 Å². The molecule has 0 bridgehead atoms. The molecule has 0 aliphatic heterocycles. The van der Waals surface area contributed by atoms with E-state index in [1.807, 2.05) is 0 Å². The monoisotopic (exact) mass is 180 g/mol. The summed E-state index contributed by atoms with van der Waals surface area (Å²) in [5.74, 6) is 2.30.